The van der Waals surface area contributed by atoms with Crippen LogP contribution in [0.1, 0.15) is 23.0 Å². The largest absolute Gasteiger partial charge is 0.452 e. The highest BCUT2D eigenvalue weighted by Crippen LogP contribution is 2.41. The number of pyridine rings is 1. The molecule has 0 aliphatic heterocycles. The van der Waals surface area contributed by atoms with Crippen LogP contribution in [0.4, 0.5) is 17.6 Å². The molecule has 152 valence electrons. The Kier molecular flexibility index (Phi) is 5.00. The number of hydrogen-bond acceptors (Lipinski definition) is 6. The molecule has 0 saturated carbocycles. The van der Waals surface area contributed by atoms with Crippen LogP contribution in [0.5, 0.6) is 0 Å². The van der Waals surface area contributed by atoms with Gasteiger partial charge in [0.25, 0.3) is 0 Å². The standard InChI is InChI=1S/C20H12F4N4O2/c21-14-5-3-11(4-6-14)19-26-9-13(10-27-19)16-15(18(30-28-16)20(22,23)24)17(29)12-2-1-7-25-8-12/h1-10,17,29H. The average molecular weight is 416 g/mol. The molecule has 0 spiro atoms. The molecule has 30 heavy (non-hydrogen) atoms. The monoisotopic (exact) mass is 416 g/mol. The minimum absolute atomic E-state index is 0.109. The summed E-state index contributed by atoms with van der Waals surface area (Å²) in [6, 6.07) is 8.34. The Balaban J connectivity index is 1.77. The number of aromatic nitrogens is 4. The van der Waals surface area contributed by atoms with Gasteiger partial charge in [-0.15, -0.1) is 0 Å². The summed E-state index contributed by atoms with van der Waals surface area (Å²) in [6.45, 7) is 0. The molecular weight excluding hydrogens is 404 g/mol. The molecule has 3 aromatic heterocycles. The molecule has 3 heterocycles. The van der Waals surface area contributed by atoms with Gasteiger partial charge in [0.2, 0.25) is 5.76 Å². The SMILES string of the molecule is OC(c1cccnc1)c1c(-c2cnc(-c3ccc(F)cc3)nc2)noc1C(F)(F)F. The van der Waals surface area contributed by atoms with Gasteiger partial charge >= 0.3 is 6.18 Å². The lowest BCUT2D eigenvalue weighted by Gasteiger charge is -2.13. The van der Waals surface area contributed by atoms with Crippen molar-refractivity contribution in [3.63, 3.8) is 0 Å². The van der Waals surface area contributed by atoms with Crippen LogP contribution in [-0.4, -0.2) is 25.2 Å². The summed E-state index contributed by atoms with van der Waals surface area (Å²) >= 11 is 0. The maximum Gasteiger partial charge on any atom is 0.452 e. The van der Waals surface area contributed by atoms with Gasteiger partial charge in [-0.1, -0.05) is 11.2 Å². The highest BCUT2D eigenvalue weighted by Gasteiger charge is 2.43. The number of rotatable bonds is 4. The minimum Gasteiger partial charge on any atom is -0.383 e. The Labute approximate surface area is 166 Å². The zero-order valence-electron chi connectivity index (χ0n) is 15.0. The van der Waals surface area contributed by atoms with E-state index in [9.17, 15) is 22.7 Å². The molecule has 10 heteroatoms. The molecule has 4 rings (SSSR count). The van der Waals surface area contributed by atoms with Crippen LogP contribution in [0.3, 0.4) is 0 Å². The predicted octanol–water partition coefficient (Wildman–Crippen LogP) is 4.43. The van der Waals surface area contributed by atoms with Gasteiger partial charge in [0, 0.05) is 41.5 Å². The first kappa shape index (κ1) is 19.6. The second-order valence-electron chi connectivity index (χ2n) is 6.26. The predicted molar refractivity (Wildman–Crippen MR) is 96.2 cm³/mol. The lowest BCUT2D eigenvalue weighted by atomic mass is 9.98. The molecule has 0 amide bonds. The van der Waals surface area contributed by atoms with Crippen molar-refractivity contribution >= 4 is 0 Å². The van der Waals surface area contributed by atoms with Crippen LogP contribution in [0.2, 0.25) is 0 Å². The van der Waals surface area contributed by atoms with Crippen molar-refractivity contribution in [3.8, 4) is 22.6 Å². The Bertz CT molecular complexity index is 1140. The van der Waals surface area contributed by atoms with Crippen LogP contribution in [0, 0.1) is 5.82 Å². The lowest BCUT2D eigenvalue weighted by Crippen LogP contribution is -2.11. The molecule has 1 aromatic carbocycles. The second kappa shape index (κ2) is 7.64. The molecule has 0 aliphatic rings. The van der Waals surface area contributed by atoms with Gasteiger partial charge in [0.05, 0.1) is 5.56 Å². The first-order valence-electron chi connectivity index (χ1n) is 8.57. The van der Waals surface area contributed by atoms with Crippen molar-refractivity contribution < 1.29 is 27.2 Å². The quantitative estimate of drug-likeness (QED) is 0.496. The van der Waals surface area contributed by atoms with E-state index in [1.807, 2.05) is 0 Å². The van der Waals surface area contributed by atoms with E-state index in [2.05, 4.69) is 24.6 Å². The first-order valence-corrected chi connectivity index (χ1v) is 8.57. The van der Waals surface area contributed by atoms with Gasteiger partial charge in [-0.3, -0.25) is 4.98 Å². The fraction of sp³-hybridized carbons (Fsp3) is 0.100. The van der Waals surface area contributed by atoms with Crippen molar-refractivity contribution in [2.75, 3.05) is 0 Å². The van der Waals surface area contributed by atoms with E-state index in [1.165, 1.54) is 61.2 Å². The molecule has 1 atom stereocenters. The van der Waals surface area contributed by atoms with Crippen molar-refractivity contribution in [1.29, 1.82) is 0 Å². The Morgan fingerprint density at radius 3 is 2.23 bits per heavy atom. The summed E-state index contributed by atoms with van der Waals surface area (Å²) in [5, 5.41) is 14.1. The summed E-state index contributed by atoms with van der Waals surface area (Å²) in [7, 11) is 0. The molecule has 0 fully saturated rings. The van der Waals surface area contributed by atoms with Crippen LogP contribution < -0.4 is 0 Å². The van der Waals surface area contributed by atoms with E-state index < -0.39 is 29.4 Å². The topological polar surface area (TPSA) is 84.9 Å². The van der Waals surface area contributed by atoms with Crippen LogP contribution in [-0.2, 0) is 6.18 Å². The molecule has 6 nitrogen and oxygen atoms in total. The van der Waals surface area contributed by atoms with Crippen molar-refractivity contribution in [3.05, 3.63) is 83.9 Å². The maximum absolute atomic E-state index is 13.4. The van der Waals surface area contributed by atoms with Gasteiger partial charge in [0.15, 0.2) is 5.82 Å². The van der Waals surface area contributed by atoms with E-state index in [-0.39, 0.29) is 22.6 Å². The van der Waals surface area contributed by atoms with Crippen LogP contribution in [0.15, 0.2) is 65.7 Å². The molecule has 0 saturated heterocycles. The van der Waals surface area contributed by atoms with Crippen LogP contribution in [0.25, 0.3) is 22.6 Å². The van der Waals surface area contributed by atoms with Crippen LogP contribution >= 0.6 is 0 Å². The van der Waals surface area contributed by atoms with Gasteiger partial charge < -0.3 is 9.63 Å². The van der Waals surface area contributed by atoms with E-state index in [1.54, 1.807) is 0 Å². The number of aliphatic hydroxyl groups is 1. The van der Waals surface area contributed by atoms with E-state index in [0.717, 1.165) is 0 Å². The van der Waals surface area contributed by atoms with E-state index in [0.29, 0.717) is 5.56 Å². The molecule has 0 aliphatic carbocycles. The zero-order valence-corrected chi connectivity index (χ0v) is 15.0. The summed E-state index contributed by atoms with van der Waals surface area (Å²) in [5.41, 5.74) is -0.0398. The number of nitrogens with zero attached hydrogens (tertiary/aromatic N) is 4. The third-order valence-corrected chi connectivity index (χ3v) is 4.29. The van der Waals surface area contributed by atoms with E-state index >= 15 is 0 Å². The number of aliphatic hydroxyl groups excluding tert-OH is 1. The zero-order chi connectivity index (χ0) is 21.3. The average Bonchev–Trinajstić information content (AvgIpc) is 3.20. The van der Waals surface area contributed by atoms with Gasteiger partial charge in [-0.05, 0) is 30.3 Å². The maximum atomic E-state index is 13.4. The molecule has 1 unspecified atom stereocenters. The normalized spacial score (nSPS) is 12.7. The summed E-state index contributed by atoms with van der Waals surface area (Å²) in [4.78, 5) is 12.0. The molecule has 0 bridgehead atoms. The van der Waals surface area contributed by atoms with Crippen molar-refractivity contribution in [1.82, 2.24) is 20.1 Å². The molecule has 0 radical (unpaired) electrons. The number of alkyl halides is 3. The van der Waals surface area contributed by atoms with E-state index in [4.69, 9.17) is 0 Å². The molecule has 1 N–H and O–H groups in total. The first-order chi connectivity index (χ1) is 14.3. The summed E-state index contributed by atoms with van der Waals surface area (Å²) in [6.07, 6.45) is -1.38. The van der Waals surface area contributed by atoms with Gasteiger partial charge in [-0.2, -0.15) is 13.2 Å². The summed E-state index contributed by atoms with van der Waals surface area (Å²) < 4.78 is 57.9. The van der Waals surface area contributed by atoms with Crippen molar-refractivity contribution in [2.45, 2.75) is 12.3 Å². The smallest absolute Gasteiger partial charge is 0.383 e. The highest BCUT2D eigenvalue weighted by atomic mass is 19.4. The number of hydrogen-bond donors (Lipinski definition) is 1. The summed E-state index contributed by atoms with van der Waals surface area (Å²) in [5.74, 6) is -1.60. The molecule has 4 aromatic rings. The minimum atomic E-state index is -4.88. The Morgan fingerprint density at radius 1 is 0.933 bits per heavy atom. The number of benzene rings is 1. The number of halogens is 4. The molecular formula is C20H12F4N4O2. The van der Waals surface area contributed by atoms with Crippen molar-refractivity contribution in [2.24, 2.45) is 0 Å². The third kappa shape index (κ3) is 3.77. The Hall–Kier alpha value is -3.66. The lowest BCUT2D eigenvalue weighted by molar-refractivity contribution is -0.157. The fourth-order valence-corrected chi connectivity index (χ4v) is 2.87. The fourth-order valence-electron chi connectivity index (χ4n) is 2.87. The second-order valence-corrected chi connectivity index (χ2v) is 6.26. The third-order valence-electron chi connectivity index (χ3n) is 4.29. The van der Waals surface area contributed by atoms with Gasteiger partial charge in [-0.25, -0.2) is 14.4 Å². The van der Waals surface area contributed by atoms with Gasteiger partial charge in [0.1, 0.15) is 17.6 Å². The highest BCUT2D eigenvalue weighted by molar-refractivity contribution is 5.65. The Morgan fingerprint density at radius 2 is 1.63 bits per heavy atom.